The molecule has 0 radical (unpaired) electrons. The van der Waals surface area contributed by atoms with Crippen LogP contribution in [0.15, 0.2) is 24.8 Å². The van der Waals surface area contributed by atoms with E-state index in [0.29, 0.717) is 18.1 Å². The van der Waals surface area contributed by atoms with Crippen LogP contribution in [0.5, 0.6) is 11.5 Å². The fourth-order valence-electron chi connectivity index (χ4n) is 2.12. The van der Waals surface area contributed by atoms with Crippen molar-refractivity contribution in [2.24, 2.45) is 0 Å². The number of methoxy groups -OCH3 is 1. The van der Waals surface area contributed by atoms with E-state index in [1.54, 1.807) is 13.2 Å². The van der Waals surface area contributed by atoms with Crippen molar-refractivity contribution in [3.63, 3.8) is 0 Å². The van der Waals surface area contributed by atoms with Crippen LogP contribution >= 0.6 is 0 Å². The molecule has 0 atom stereocenters. The fraction of sp³-hybridized carbons (Fsp3) is 0.500. The molecule has 1 saturated carbocycles. The lowest BCUT2D eigenvalue weighted by Gasteiger charge is -2.23. The third kappa shape index (κ3) is 4.91. The zero-order valence-electron chi connectivity index (χ0n) is 14.3. The lowest BCUT2D eigenvalue weighted by molar-refractivity contribution is 0.0476. The molecule has 0 saturated heterocycles. The normalized spacial score (nSPS) is 15.5. The summed E-state index contributed by atoms with van der Waals surface area (Å²) in [4.78, 5) is 11.9. The molecule has 0 spiro atoms. The molecule has 2 rings (SSSR count). The Balaban J connectivity index is 1.95. The molecule has 23 heavy (non-hydrogen) atoms. The van der Waals surface area contributed by atoms with Crippen molar-refractivity contribution in [3.05, 3.63) is 30.3 Å². The van der Waals surface area contributed by atoms with E-state index in [-0.39, 0.29) is 5.54 Å². The maximum atomic E-state index is 11.9. The molecule has 1 aliphatic rings. The maximum absolute atomic E-state index is 11.9. The van der Waals surface area contributed by atoms with Crippen LogP contribution in [0.2, 0.25) is 0 Å². The first kappa shape index (κ1) is 17.2. The van der Waals surface area contributed by atoms with Crippen LogP contribution in [0, 0.1) is 0 Å². The van der Waals surface area contributed by atoms with Gasteiger partial charge in [0, 0.05) is 0 Å². The Morgan fingerprint density at radius 2 is 2.04 bits per heavy atom. The summed E-state index contributed by atoms with van der Waals surface area (Å²) in [5.41, 5.74) is 0.108. The highest BCUT2D eigenvalue weighted by Gasteiger charge is 2.46. The predicted molar refractivity (Wildman–Crippen MR) is 89.9 cm³/mol. The van der Waals surface area contributed by atoms with Gasteiger partial charge < -0.3 is 19.5 Å². The van der Waals surface area contributed by atoms with Crippen molar-refractivity contribution in [2.75, 3.05) is 13.7 Å². The Bertz CT molecular complexity index is 585. The van der Waals surface area contributed by atoms with Crippen molar-refractivity contribution in [3.8, 4) is 11.5 Å². The second-order valence-electron chi connectivity index (χ2n) is 6.81. The molecule has 5 heteroatoms. The van der Waals surface area contributed by atoms with Crippen LogP contribution in [-0.4, -0.2) is 30.9 Å². The summed E-state index contributed by atoms with van der Waals surface area (Å²) in [6.45, 7) is 9.65. The third-order valence-electron chi connectivity index (χ3n) is 3.55. The Morgan fingerprint density at radius 1 is 1.35 bits per heavy atom. The van der Waals surface area contributed by atoms with E-state index >= 15 is 0 Å². The number of rotatable bonds is 6. The van der Waals surface area contributed by atoms with E-state index in [0.717, 1.165) is 18.4 Å². The number of hydrogen-bond acceptors (Lipinski definition) is 4. The number of alkyl carbamates (subject to hydrolysis) is 1. The van der Waals surface area contributed by atoms with Crippen LogP contribution in [-0.2, 0) is 4.74 Å². The summed E-state index contributed by atoms with van der Waals surface area (Å²) < 4.78 is 16.5. The molecule has 1 amide bonds. The van der Waals surface area contributed by atoms with Gasteiger partial charge in [-0.25, -0.2) is 4.79 Å². The summed E-state index contributed by atoms with van der Waals surface area (Å²) in [6, 6.07) is 5.62. The van der Waals surface area contributed by atoms with Gasteiger partial charge in [-0.2, -0.15) is 0 Å². The SMILES string of the molecule is C=Cc1ccc(OCC2(NC(=O)OC(C)(C)C)CC2)c(OC)c1. The summed E-state index contributed by atoms with van der Waals surface area (Å²) >= 11 is 0. The Hall–Kier alpha value is -2.17. The lowest BCUT2D eigenvalue weighted by Crippen LogP contribution is -2.44. The maximum Gasteiger partial charge on any atom is 0.408 e. The molecule has 0 bridgehead atoms. The van der Waals surface area contributed by atoms with E-state index in [4.69, 9.17) is 14.2 Å². The first-order valence-electron chi connectivity index (χ1n) is 7.71. The molecule has 1 fully saturated rings. The average Bonchev–Trinajstić information content (AvgIpc) is 3.22. The van der Waals surface area contributed by atoms with Crippen LogP contribution < -0.4 is 14.8 Å². The Morgan fingerprint density at radius 3 is 2.57 bits per heavy atom. The van der Waals surface area contributed by atoms with Gasteiger partial charge >= 0.3 is 6.09 Å². The van der Waals surface area contributed by atoms with Crippen molar-refractivity contribution in [1.82, 2.24) is 5.32 Å². The Kier molecular flexibility index (Phi) is 4.88. The highest BCUT2D eigenvalue weighted by molar-refractivity contribution is 5.69. The zero-order chi connectivity index (χ0) is 17.1. The summed E-state index contributed by atoms with van der Waals surface area (Å²) in [5.74, 6) is 1.30. The van der Waals surface area contributed by atoms with Crippen LogP contribution in [0.3, 0.4) is 0 Å². The standard InChI is InChI=1S/C18H25NO4/c1-6-13-7-8-14(15(11-13)21-5)22-12-18(9-10-18)19-16(20)23-17(2,3)4/h6-8,11H,1,9-10,12H2,2-5H3,(H,19,20). The van der Waals surface area contributed by atoms with Crippen LogP contribution in [0.25, 0.3) is 6.08 Å². The molecule has 1 aromatic carbocycles. The van der Waals surface area contributed by atoms with E-state index in [9.17, 15) is 4.79 Å². The van der Waals surface area contributed by atoms with Gasteiger partial charge in [0.25, 0.3) is 0 Å². The van der Waals surface area contributed by atoms with Crippen molar-refractivity contribution < 1.29 is 19.0 Å². The molecule has 0 aromatic heterocycles. The minimum absolute atomic E-state index is 0.343. The second kappa shape index (κ2) is 6.52. The molecule has 126 valence electrons. The predicted octanol–water partition coefficient (Wildman–Crippen LogP) is 3.77. The van der Waals surface area contributed by atoms with E-state index in [2.05, 4.69) is 11.9 Å². The zero-order valence-corrected chi connectivity index (χ0v) is 14.3. The summed E-state index contributed by atoms with van der Waals surface area (Å²) in [5, 5.41) is 2.91. The number of nitrogens with one attached hydrogen (secondary N) is 1. The molecule has 1 N–H and O–H groups in total. The van der Waals surface area contributed by atoms with Gasteiger partial charge in [0.2, 0.25) is 0 Å². The van der Waals surface area contributed by atoms with Crippen molar-refractivity contribution in [1.29, 1.82) is 0 Å². The first-order chi connectivity index (χ1) is 10.8. The molecule has 5 nitrogen and oxygen atoms in total. The topological polar surface area (TPSA) is 56.8 Å². The number of hydrogen-bond donors (Lipinski definition) is 1. The van der Waals surface area contributed by atoms with Crippen LogP contribution in [0.1, 0.15) is 39.2 Å². The van der Waals surface area contributed by atoms with Gasteiger partial charge in [0.15, 0.2) is 11.5 Å². The number of ether oxygens (including phenoxy) is 3. The fourth-order valence-corrected chi connectivity index (χ4v) is 2.12. The van der Waals surface area contributed by atoms with E-state index in [1.165, 1.54) is 0 Å². The molecular formula is C18H25NO4. The van der Waals surface area contributed by atoms with Crippen molar-refractivity contribution in [2.45, 2.75) is 44.8 Å². The molecular weight excluding hydrogens is 294 g/mol. The lowest BCUT2D eigenvalue weighted by atomic mass is 10.2. The second-order valence-corrected chi connectivity index (χ2v) is 6.81. The van der Waals surface area contributed by atoms with Crippen LogP contribution in [0.4, 0.5) is 4.79 Å². The van der Waals surface area contributed by atoms with Gasteiger partial charge in [-0.15, -0.1) is 0 Å². The minimum atomic E-state index is -0.509. The molecule has 1 aromatic rings. The number of carbonyl (C=O) groups excluding carboxylic acids is 1. The minimum Gasteiger partial charge on any atom is -0.493 e. The highest BCUT2D eigenvalue weighted by atomic mass is 16.6. The molecule has 1 aliphatic carbocycles. The number of amides is 1. The van der Waals surface area contributed by atoms with Gasteiger partial charge in [-0.05, 0) is 51.3 Å². The van der Waals surface area contributed by atoms with Gasteiger partial charge in [-0.3, -0.25) is 0 Å². The molecule has 0 unspecified atom stereocenters. The largest absolute Gasteiger partial charge is 0.493 e. The van der Waals surface area contributed by atoms with Gasteiger partial charge in [0.1, 0.15) is 12.2 Å². The highest BCUT2D eigenvalue weighted by Crippen LogP contribution is 2.38. The van der Waals surface area contributed by atoms with E-state index in [1.807, 2.05) is 39.0 Å². The summed E-state index contributed by atoms with van der Waals surface area (Å²) in [6.07, 6.45) is 3.09. The smallest absolute Gasteiger partial charge is 0.408 e. The third-order valence-corrected chi connectivity index (χ3v) is 3.55. The quantitative estimate of drug-likeness (QED) is 0.867. The van der Waals surface area contributed by atoms with Gasteiger partial charge in [0.05, 0.1) is 12.6 Å². The number of benzene rings is 1. The summed E-state index contributed by atoms with van der Waals surface area (Å²) in [7, 11) is 1.60. The first-order valence-corrected chi connectivity index (χ1v) is 7.71. The monoisotopic (exact) mass is 319 g/mol. The average molecular weight is 319 g/mol. The molecule has 0 aliphatic heterocycles. The number of carbonyl (C=O) groups is 1. The van der Waals surface area contributed by atoms with E-state index < -0.39 is 11.7 Å². The van der Waals surface area contributed by atoms with Crippen molar-refractivity contribution >= 4 is 12.2 Å². The molecule has 0 heterocycles. The Labute approximate surface area is 137 Å². The van der Waals surface area contributed by atoms with Gasteiger partial charge in [-0.1, -0.05) is 18.7 Å².